The molecular weight excluding hydrogens is 324 g/mol. The molecule has 126 valence electrons. The first-order valence-corrected chi connectivity index (χ1v) is 8.11. The summed E-state index contributed by atoms with van der Waals surface area (Å²) in [6, 6.07) is 14.2. The van der Waals surface area contributed by atoms with Gasteiger partial charge in [0.05, 0.1) is 6.04 Å². The second-order valence-corrected chi connectivity index (χ2v) is 6.28. The Kier molecular flexibility index (Phi) is 6.12. The monoisotopic (exact) mass is 344 g/mol. The molecule has 0 saturated heterocycles. The zero-order chi connectivity index (χ0) is 17.7. The molecule has 5 heteroatoms. The van der Waals surface area contributed by atoms with E-state index in [9.17, 15) is 9.59 Å². The molecule has 0 saturated carbocycles. The molecule has 1 unspecified atom stereocenters. The normalized spacial score (nSPS) is 12.0. The number of Topliss-reactive ketones (excluding diaryl/α,β-unsaturated/α-hetero) is 1. The molecular formula is C19H21ClN2O2. The van der Waals surface area contributed by atoms with Crippen LogP contribution in [0, 0.1) is 0 Å². The van der Waals surface area contributed by atoms with Gasteiger partial charge in [-0.25, -0.2) is 0 Å². The highest BCUT2D eigenvalue weighted by atomic mass is 35.5. The molecule has 1 atom stereocenters. The lowest BCUT2D eigenvalue weighted by molar-refractivity contribution is -0.120. The topological polar surface area (TPSA) is 49.4 Å². The fourth-order valence-electron chi connectivity index (χ4n) is 2.30. The van der Waals surface area contributed by atoms with Crippen molar-refractivity contribution < 1.29 is 9.59 Å². The standard InChI is InChI=1S/C19H21ClN2O2/c1-13(22(3)12-15-5-4-6-17(20)11-15)19(24)21-18-9-7-16(8-10-18)14(2)23/h4-11,13H,12H2,1-3H3,(H,21,24). The minimum absolute atomic E-state index is 0.00231. The van der Waals surface area contributed by atoms with Crippen molar-refractivity contribution in [2.75, 3.05) is 12.4 Å². The lowest BCUT2D eigenvalue weighted by Crippen LogP contribution is -2.39. The number of halogens is 1. The molecule has 0 bridgehead atoms. The van der Waals surface area contributed by atoms with Crippen molar-refractivity contribution in [2.45, 2.75) is 26.4 Å². The Balaban J connectivity index is 1.96. The quantitative estimate of drug-likeness (QED) is 0.806. The summed E-state index contributed by atoms with van der Waals surface area (Å²) >= 11 is 5.99. The van der Waals surface area contributed by atoms with Crippen LogP contribution in [0.1, 0.15) is 29.8 Å². The number of nitrogens with one attached hydrogen (secondary N) is 1. The van der Waals surface area contributed by atoms with Crippen LogP contribution in [0.5, 0.6) is 0 Å². The van der Waals surface area contributed by atoms with Gasteiger partial charge >= 0.3 is 0 Å². The van der Waals surface area contributed by atoms with E-state index in [0.29, 0.717) is 22.8 Å². The van der Waals surface area contributed by atoms with E-state index in [1.54, 1.807) is 24.3 Å². The number of likely N-dealkylation sites (N-methyl/N-ethyl adjacent to an activating group) is 1. The van der Waals surface area contributed by atoms with Crippen LogP contribution >= 0.6 is 11.6 Å². The highest BCUT2D eigenvalue weighted by Crippen LogP contribution is 2.15. The third-order valence-corrected chi connectivity index (χ3v) is 4.16. The first-order chi connectivity index (χ1) is 11.4. The Morgan fingerprint density at radius 2 is 1.83 bits per heavy atom. The van der Waals surface area contributed by atoms with Crippen LogP contribution in [-0.4, -0.2) is 29.7 Å². The SMILES string of the molecule is CC(=O)c1ccc(NC(=O)C(C)N(C)Cc2cccc(Cl)c2)cc1. The summed E-state index contributed by atoms with van der Waals surface area (Å²) in [6.45, 7) is 3.99. The molecule has 0 heterocycles. The summed E-state index contributed by atoms with van der Waals surface area (Å²) in [4.78, 5) is 25.6. The fourth-order valence-corrected chi connectivity index (χ4v) is 2.51. The second kappa shape index (κ2) is 8.08. The van der Waals surface area contributed by atoms with Gasteiger partial charge < -0.3 is 5.32 Å². The first-order valence-electron chi connectivity index (χ1n) is 7.73. The Bertz CT molecular complexity index is 728. The van der Waals surface area contributed by atoms with E-state index < -0.39 is 0 Å². The Morgan fingerprint density at radius 1 is 1.17 bits per heavy atom. The predicted molar refractivity (Wildman–Crippen MR) is 97.5 cm³/mol. The predicted octanol–water partition coefficient (Wildman–Crippen LogP) is 4.00. The van der Waals surface area contributed by atoms with Crippen LogP contribution in [0.15, 0.2) is 48.5 Å². The minimum Gasteiger partial charge on any atom is -0.325 e. The van der Waals surface area contributed by atoms with E-state index in [-0.39, 0.29) is 17.7 Å². The van der Waals surface area contributed by atoms with Crippen LogP contribution in [0.3, 0.4) is 0 Å². The van der Waals surface area contributed by atoms with Crippen molar-refractivity contribution in [3.05, 3.63) is 64.7 Å². The zero-order valence-electron chi connectivity index (χ0n) is 14.0. The van der Waals surface area contributed by atoms with E-state index in [2.05, 4.69) is 5.32 Å². The molecule has 0 radical (unpaired) electrons. The van der Waals surface area contributed by atoms with Crippen LogP contribution in [0.25, 0.3) is 0 Å². The Labute approximate surface area is 147 Å². The lowest BCUT2D eigenvalue weighted by Gasteiger charge is -2.24. The number of benzene rings is 2. The van der Waals surface area contributed by atoms with Gasteiger partial charge in [-0.05, 0) is 62.9 Å². The third kappa shape index (κ3) is 4.91. The van der Waals surface area contributed by atoms with Gasteiger partial charge in [0.2, 0.25) is 5.91 Å². The highest BCUT2D eigenvalue weighted by molar-refractivity contribution is 6.30. The summed E-state index contributed by atoms with van der Waals surface area (Å²) in [5.41, 5.74) is 2.35. The van der Waals surface area contributed by atoms with Crippen molar-refractivity contribution in [1.29, 1.82) is 0 Å². The molecule has 0 spiro atoms. The average molecular weight is 345 g/mol. The van der Waals surface area contributed by atoms with Crippen molar-refractivity contribution >= 4 is 29.0 Å². The molecule has 0 aliphatic rings. The average Bonchev–Trinajstić information content (AvgIpc) is 2.54. The Hall–Kier alpha value is -2.17. The highest BCUT2D eigenvalue weighted by Gasteiger charge is 2.18. The molecule has 1 amide bonds. The molecule has 2 aromatic carbocycles. The van der Waals surface area contributed by atoms with Crippen molar-refractivity contribution in [2.24, 2.45) is 0 Å². The van der Waals surface area contributed by atoms with Gasteiger partial charge in [-0.3, -0.25) is 14.5 Å². The van der Waals surface area contributed by atoms with Crippen LogP contribution in [0.4, 0.5) is 5.69 Å². The molecule has 24 heavy (non-hydrogen) atoms. The number of anilines is 1. The second-order valence-electron chi connectivity index (χ2n) is 5.84. The molecule has 0 aromatic heterocycles. The summed E-state index contributed by atoms with van der Waals surface area (Å²) in [5.74, 6) is -0.0994. The summed E-state index contributed by atoms with van der Waals surface area (Å²) in [6.07, 6.45) is 0. The van der Waals surface area contributed by atoms with Crippen molar-refractivity contribution in [1.82, 2.24) is 4.90 Å². The summed E-state index contributed by atoms with van der Waals surface area (Å²) < 4.78 is 0. The molecule has 0 aliphatic heterocycles. The minimum atomic E-state index is -0.309. The number of amides is 1. The number of hydrogen-bond acceptors (Lipinski definition) is 3. The maximum atomic E-state index is 12.4. The zero-order valence-corrected chi connectivity index (χ0v) is 14.8. The van der Waals surface area contributed by atoms with E-state index in [1.807, 2.05) is 43.1 Å². The van der Waals surface area contributed by atoms with E-state index in [0.717, 1.165) is 5.56 Å². The van der Waals surface area contributed by atoms with E-state index in [1.165, 1.54) is 6.92 Å². The number of rotatable bonds is 6. The number of carbonyl (C=O) groups is 2. The lowest BCUT2D eigenvalue weighted by atomic mass is 10.1. The van der Waals surface area contributed by atoms with Crippen molar-refractivity contribution in [3.63, 3.8) is 0 Å². The van der Waals surface area contributed by atoms with Gasteiger partial charge in [-0.2, -0.15) is 0 Å². The van der Waals surface area contributed by atoms with Gasteiger partial charge in [0, 0.05) is 22.8 Å². The van der Waals surface area contributed by atoms with Crippen LogP contribution in [0.2, 0.25) is 5.02 Å². The third-order valence-electron chi connectivity index (χ3n) is 3.92. The maximum absolute atomic E-state index is 12.4. The number of ketones is 1. The molecule has 0 fully saturated rings. The number of hydrogen-bond donors (Lipinski definition) is 1. The van der Waals surface area contributed by atoms with Crippen LogP contribution in [-0.2, 0) is 11.3 Å². The molecule has 4 nitrogen and oxygen atoms in total. The van der Waals surface area contributed by atoms with Gasteiger partial charge in [-0.15, -0.1) is 0 Å². The summed E-state index contributed by atoms with van der Waals surface area (Å²) in [7, 11) is 1.89. The van der Waals surface area contributed by atoms with Gasteiger partial charge in [0.25, 0.3) is 0 Å². The molecule has 1 N–H and O–H groups in total. The summed E-state index contributed by atoms with van der Waals surface area (Å²) in [5, 5.41) is 3.55. The number of nitrogens with zero attached hydrogens (tertiary/aromatic N) is 1. The first kappa shape index (κ1) is 18.2. The van der Waals surface area contributed by atoms with Crippen LogP contribution < -0.4 is 5.32 Å². The molecule has 2 rings (SSSR count). The van der Waals surface area contributed by atoms with Gasteiger partial charge in [0.15, 0.2) is 5.78 Å². The largest absolute Gasteiger partial charge is 0.325 e. The Morgan fingerprint density at radius 3 is 2.42 bits per heavy atom. The van der Waals surface area contributed by atoms with Crippen molar-refractivity contribution in [3.8, 4) is 0 Å². The van der Waals surface area contributed by atoms with Gasteiger partial charge in [0.1, 0.15) is 0 Å². The number of carbonyl (C=O) groups excluding carboxylic acids is 2. The smallest absolute Gasteiger partial charge is 0.241 e. The van der Waals surface area contributed by atoms with E-state index in [4.69, 9.17) is 11.6 Å². The maximum Gasteiger partial charge on any atom is 0.241 e. The molecule has 2 aromatic rings. The molecule has 0 aliphatic carbocycles. The van der Waals surface area contributed by atoms with E-state index >= 15 is 0 Å². The van der Waals surface area contributed by atoms with Gasteiger partial charge in [-0.1, -0.05) is 23.7 Å². The fraction of sp³-hybridized carbons (Fsp3) is 0.263.